The largest absolute Gasteiger partial charge is 0.497 e. The van der Waals surface area contributed by atoms with Crippen molar-refractivity contribution in [3.05, 3.63) is 102 Å². The molecule has 0 aliphatic carbocycles. The fraction of sp³-hybridized carbons (Fsp3) is 0.103. The van der Waals surface area contributed by atoms with Gasteiger partial charge in [-0.15, -0.1) is 12.8 Å². The number of hydrogen-bond acceptors (Lipinski definition) is 6. The molecule has 5 rings (SSSR count). The van der Waals surface area contributed by atoms with Gasteiger partial charge in [-0.2, -0.15) is 0 Å². The summed E-state index contributed by atoms with van der Waals surface area (Å²) in [4.78, 5) is 47.0. The number of nitrogens with one attached hydrogen (secondary N) is 1. The van der Waals surface area contributed by atoms with Crippen molar-refractivity contribution in [2.75, 3.05) is 7.11 Å². The average molecular weight is 497 g/mol. The SMILES string of the molecule is C#C.COc1ccc(OC(=O)N2C(=O)C[C@H]2/C=C/c2ccccc2)cc1.O=C1NC(=O)c2ccccc21. The van der Waals surface area contributed by atoms with Gasteiger partial charge in [0.05, 0.1) is 30.7 Å². The lowest BCUT2D eigenvalue weighted by atomic mass is 10.0. The molecule has 0 radical (unpaired) electrons. The number of carbonyl (C=O) groups excluding carboxylic acids is 4. The quantitative estimate of drug-likeness (QED) is 0.328. The number of carbonyl (C=O) groups is 4. The highest BCUT2D eigenvalue weighted by Crippen LogP contribution is 2.24. The number of likely N-dealkylation sites (tertiary alicyclic amines) is 1. The zero-order valence-electron chi connectivity index (χ0n) is 20.0. The van der Waals surface area contributed by atoms with Gasteiger partial charge in [0.15, 0.2) is 0 Å². The van der Waals surface area contributed by atoms with Gasteiger partial charge < -0.3 is 9.47 Å². The van der Waals surface area contributed by atoms with E-state index >= 15 is 0 Å². The molecule has 3 aromatic rings. The lowest BCUT2D eigenvalue weighted by molar-refractivity contribution is -0.139. The molecule has 3 aromatic carbocycles. The van der Waals surface area contributed by atoms with Crippen molar-refractivity contribution < 1.29 is 28.7 Å². The molecule has 0 unspecified atom stereocenters. The van der Waals surface area contributed by atoms with Crippen LogP contribution in [0.2, 0.25) is 0 Å². The second kappa shape index (κ2) is 12.5. The van der Waals surface area contributed by atoms with Crippen molar-refractivity contribution in [3.8, 4) is 24.3 Å². The van der Waals surface area contributed by atoms with E-state index in [1.807, 2.05) is 42.5 Å². The van der Waals surface area contributed by atoms with Crippen LogP contribution in [0.5, 0.6) is 11.5 Å². The third-order valence-corrected chi connectivity index (χ3v) is 5.40. The first-order chi connectivity index (χ1) is 18.0. The van der Waals surface area contributed by atoms with Gasteiger partial charge in [0.1, 0.15) is 11.5 Å². The second-order valence-corrected chi connectivity index (χ2v) is 7.68. The molecule has 2 aliphatic rings. The Morgan fingerprint density at radius 1 is 0.865 bits per heavy atom. The van der Waals surface area contributed by atoms with Crippen molar-refractivity contribution in [3.63, 3.8) is 0 Å². The average Bonchev–Trinajstić information content (AvgIpc) is 3.22. The normalized spacial score (nSPS) is 15.3. The molecule has 0 aromatic heterocycles. The second-order valence-electron chi connectivity index (χ2n) is 7.68. The Morgan fingerprint density at radius 2 is 1.41 bits per heavy atom. The van der Waals surface area contributed by atoms with E-state index in [-0.39, 0.29) is 23.8 Å². The van der Waals surface area contributed by atoms with Gasteiger partial charge in [0.2, 0.25) is 5.91 Å². The zero-order chi connectivity index (χ0) is 26.8. The van der Waals surface area contributed by atoms with Gasteiger partial charge in [0.25, 0.3) is 11.8 Å². The number of terminal acetylenes is 1. The van der Waals surface area contributed by atoms with Crippen molar-refractivity contribution >= 4 is 29.9 Å². The number of benzene rings is 3. The van der Waals surface area contributed by atoms with E-state index in [0.29, 0.717) is 29.0 Å². The van der Waals surface area contributed by atoms with Crippen molar-refractivity contribution in [2.45, 2.75) is 12.5 Å². The number of rotatable bonds is 4. The summed E-state index contributed by atoms with van der Waals surface area (Å²) >= 11 is 0. The summed E-state index contributed by atoms with van der Waals surface area (Å²) in [6.45, 7) is 0. The smallest absolute Gasteiger partial charge is 0.422 e. The Kier molecular flexibility index (Phi) is 8.95. The molecule has 2 aliphatic heterocycles. The van der Waals surface area contributed by atoms with Gasteiger partial charge in [-0.3, -0.25) is 19.7 Å². The first kappa shape index (κ1) is 26.4. The molecule has 8 nitrogen and oxygen atoms in total. The van der Waals surface area contributed by atoms with Crippen molar-refractivity contribution in [1.29, 1.82) is 0 Å². The molecule has 8 heteroatoms. The summed E-state index contributed by atoms with van der Waals surface area (Å²) in [7, 11) is 1.56. The molecule has 1 fully saturated rings. The summed E-state index contributed by atoms with van der Waals surface area (Å²) in [6.07, 6.45) is 11.4. The molecule has 2 heterocycles. The van der Waals surface area contributed by atoms with Crippen LogP contribution < -0.4 is 14.8 Å². The molecule has 186 valence electrons. The fourth-order valence-corrected chi connectivity index (χ4v) is 3.53. The van der Waals surface area contributed by atoms with Crippen LogP contribution in [0.1, 0.15) is 32.7 Å². The van der Waals surface area contributed by atoms with E-state index in [0.717, 1.165) is 10.5 Å². The minimum absolute atomic E-state index is 0.240. The highest BCUT2D eigenvalue weighted by atomic mass is 16.6. The van der Waals surface area contributed by atoms with Gasteiger partial charge >= 0.3 is 6.09 Å². The van der Waals surface area contributed by atoms with Crippen LogP contribution in [0.4, 0.5) is 4.79 Å². The Morgan fingerprint density at radius 3 is 1.95 bits per heavy atom. The molecular weight excluding hydrogens is 472 g/mol. The molecular formula is C29H24N2O6. The Hall–Kier alpha value is -5.16. The standard InChI is InChI=1S/C19H17NO4.C8H5NO2.C2H2/c1-23-16-9-11-17(12-10-16)24-19(22)20-15(13-18(20)21)8-7-14-5-3-2-4-6-14;10-7-5-3-1-2-4-6(5)8(11)9-7;1-2/h2-12,15H,13H2,1H3;1-4H,(H,9,10,11);1-2H/b8-7+;;/t15-;;/m1../s1. The van der Waals surface area contributed by atoms with Gasteiger partial charge in [-0.1, -0.05) is 54.6 Å². The molecule has 37 heavy (non-hydrogen) atoms. The van der Waals surface area contributed by atoms with Crippen LogP contribution in [0.25, 0.3) is 6.08 Å². The fourth-order valence-electron chi connectivity index (χ4n) is 3.53. The summed E-state index contributed by atoms with van der Waals surface area (Å²) < 4.78 is 10.3. The number of amides is 4. The number of hydrogen-bond donors (Lipinski definition) is 1. The maximum Gasteiger partial charge on any atom is 0.422 e. The molecule has 1 N–H and O–H groups in total. The summed E-state index contributed by atoms with van der Waals surface area (Å²) in [5.41, 5.74) is 1.95. The summed E-state index contributed by atoms with van der Waals surface area (Å²) in [5, 5.41) is 2.20. The van der Waals surface area contributed by atoms with Crippen LogP contribution in [-0.4, -0.2) is 41.9 Å². The zero-order valence-corrected chi connectivity index (χ0v) is 20.0. The number of β-lactam (4-membered cyclic amide) rings is 1. The lowest BCUT2D eigenvalue weighted by Crippen LogP contribution is -2.55. The first-order valence-corrected chi connectivity index (χ1v) is 11.2. The molecule has 0 bridgehead atoms. The third-order valence-electron chi connectivity index (χ3n) is 5.40. The van der Waals surface area contributed by atoms with E-state index < -0.39 is 6.09 Å². The van der Waals surface area contributed by atoms with E-state index in [1.165, 1.54) is 0 Å². The van der Waals surface area contributed by atoms with E-state index in [2.05, 4.69) is 18.2 Å². The third kappa shape index (κ3) is 6.50. The maximum atomic E-state index is 12.2. The molecule has 0 spiro atoms. The van der Waals surface area contributed by atoms with Gasteiger partial charge in [-0.05, 0) is 42.0 Å². The summed E-state index contributed by atoms with van der Waals surface area (Å²) in [6, 6.07) is 22.8. The topological polar surface area (TPSA) is 102 Å². The Bertz CT molecular complexity index is 1300. The van der Waals surface area contributed by atoms with E-state index in [4.69, 9.17) is 9.47 Å². The van der Waals surface area contributed by atoms with Crippen LogP contribution in [0.15, 0.2) is 84.9 Å². The molecule has 1 saturated heterocycles. The number of nitrogens with zero attached hydrogens (tertiary/aromatic N) is 1. The Balaban J connectivity index is 0.000000243. The number of ether oxygens (including phenoxy) is 2. The van der Waals surface area contributed by atoms with E-state index in [1.54, 1.807) is 55.6 Å². The number of methoxy groups -OCH3 is 1. The molecule has 4 amide bonds. The molecule has 1 atom stereocenters. The number of fused-ring (bicyclic) bond motifs is 1. The van der Waals surface area contributed by atoms with Crippen LogP contribution in [0.3, 0.4) is 0 Å². The van der Waals surface area contributed by atoms with Crippen LogP contribution in [0, 0.1) is 12.8 Å². The van der Waals surface area contributed by atoms with Gasteiger partial charge in [0, 0.05) is 0 Å². The highest BCUT2D eigenvalue weighted by molar-refractivity contribution is 6.21. The Labute approximate surface area is 214 Å². The predicted molar refractivity (Wildman–Crippen MR) is 138 cm³/mol. The van der Waals surface area contributed by atoms with Gasteiger partial charge in [-0.25, -0.2) is 9.69 Å². The van der Waals surface area contributed by atoms with Crippen molar-refractivity contribution in [1.82, 2.24) is 10.2 Å². The van der Waals surface area contributed by atoms with E-state index in [9.17, 15) is 19.2 Å². The first-order valence-electron chi connectivity index (χ1n) is 11.2. The van der Waals surface area contributed by atoms with Crippen molar-refractivity contribution in [2.24, 2.45) is 0 Å². The van der Waals surface area contributed by atoms with Crippen LogP contribution in [-0.2, 0) is 4.79 Å². The highest BCUT2D eigenvalue weighted by Gasteiger charge is 2.40. The monoisotopic (exact) mass is 496 g/mol. The predicted octanol–water partition coefficient (Wildman–Crippen LogP) is 4.33. The minimum Gasteiger partial charge on any atom is -0.497 e. The number of imide groups is 2. The summed E-state index contributed by atoms with van der Waals surface area (Å²) in [5.74, 6) is 0.192. The lowest BCUT2D eigenvalue weighted by Gasteiger charge is -2.35. The molecule has 0 saturated carbocycles. The van der Waals surface area contributed by atoms with Crippen LogP contribution >= 0.6 is 0 Å². The minimum atomic E-state index is -0.667. The maximum absolute atomic E-state index is 12.2.